The van der Waals surface area contributed by atoms with Crippen molar-refractivity contribution in [3.8, 4) is 0 Å². The third-order valence-corrected chi connectivity index (χ3v) is 3.71. The van der Waals surface area contributed by atoms with Gasteiger partial charge in [-0.15, -0.1) is 0 Å². The van der Waals surface area contributed by atoms with E-state index in [0.717, 1.165) is 30.7 Å². The molecule has 100 valence electrons. The van der Waals surface area contributed by atoms with Crippen molar-refractivity contribution in [2.24, 2.45) is 5.92 Å². The van der Waals surface area contributed by atoms with E-state index >= 15 is 0 Å². The van der Waals surface area contributed by atoms with Crippen molar-refractivity contribution < 1.29 is 9.53 Å². The Morgan fingerprint density at radius 1 is 1.58 bits per heavy atom. The highest BCUT2D eigenvalue weighted by atomic mass is 16.5. The van der Waals surface area contributed by atoms with Crippen LogP contribution >= 0.6 is 0 Å². The molecule has 0 radical (unpaired) electrons. The van der Waals surface area contributed by atoms with E-state index in [-0.39, 0.29) is 11.9 Å². The lowest BCUT2D eigenvalue weighted by molar-refractivity contribution is 0.0922. The number of nitrogens with zero attached hydrogens (tertiary/aromatic N) is 1. The van der Waals surface area contributed by atoms with Crippen molar-refractivity contribution in [2.45, 2.75) is 19.4 Å². The van der Waals surface area contributed by atoms with Gasteiger partial charge in [-0.2, -0.15) is 0 Å². The Morgan fingerprint density at radius 2 is 2.47 bits per heavy atom. The topological polar surface area (TPSA) is 67.0 Å². The highest BCUT2D eigenvalue weighted by Crippen LogP contribution is 2.17. The van der Waals surface area contributed by atoms with Crippen LogP contribution in [-0.2, 0) is 4.74 Å². The number of carbonyl (C=O) groups is 1. The number of aromatic nitrogens is 2. The number of fused-ring (bicyclic) bond motifs is 1. The summed E-state index contributed by atoms with van der Waals surface area (Å²) >= 11 is 0. The first-order valence-electron chi connectivity index (χ1n) is 6.56. The summed E-state index contributed by atoms with van der Waals surface area (Å²) in [6, 6.07) is 5.61. The number of nitrogens with one attached hydrogen (secondary N) is 2. The van der Waals surface area contributed by atoms with Gasteiger partial charge in [0.2, 0.25) is 0 Å². The third-order valence-electron chi connectivity index (χ3n) is 3.71. The minimum atomic E-state index is -0.0455. The van der Waals surface area contributed by atoms with Gasteiger partial charge in [0, 0.05) is 24.1 Å². The molecule has 5 heteroatoms. The Bertz CT molecular complexity index is 587. The Hall–Kier alpha value is -1.88. The van der Waals surface area contributed by atoms with E-state index in [4.69, 9.17) is 4.74 Å². The summed E-state index contributed by atoms with van der Waals surface area (Å²) in [5.74, 6) is 0.371. The minimum Gasteiger partial charge on any atom is -0.381 e. The number of ether oxygens (including phenoxy) is 1. The maximum absolute atomic E-state index is 12.2. The van der Waals surface area contributed by atoms with Crippen LogP contribution in [-0.4, -0.2) is 35.1 Å². The zero-order valence-electron chi connectivity index (χ0n) is 10.8. The number of benzene rings is 1. The van der Waals surface area contributed by atoms with E-state index < -0.39 is 0 Å². The fraction of sp³-hybridized carbons (Fsp3) is 0.429. The van der Waals surface area contributed by atoms with E-state index in [2.05, 4.69) is 15.3 Å². The Labute approximate surface area is 111 Å². The maximum Gasteiger partial charge on any atom is 0.251 e. The number of carbonyl (C=O) groups excluding carboxylic acids is 1. The molecule has 2 unspecified atom stereocenters. The summed E-state index contributed by atoms with van der Waals surface area (Å²) in [6.07, 6.45) is 2.64. The number of hydrogen-bond donors (Lipinski definition) is 2. The molecule has 1 aliphatic rings. The molecule has 0 saturated carbocycles. The van der Waals surface area contributed by atoms with Crippen LogP contribution in [0.2, 0.25) is 0 Å². The van der Waals surface area contributed by atoms with Crippen LogP contribution in [0.1, 0.15) is 23.7 Å². The predicted molar refractivity (Wildman–Crippen MR) is 71.9 cm³/mol. The molecule has 0 aliphatic carbocycles. The SMILES string of the molecule is CC(NC(=O)c1ccc2nc[nH]c2c1)C1CCOC1. The van der Waals surface area contributed by atoms with Gasteiger partial charge in [0.05, 0.1) is 24.0 Å². The van der Waals surface area contributed by atoms with Crippen molar-refractivity contribution in [3.63, 3.8) is 0 Å². The first-order valence-corrected chi connectivity index (χ1v) is 6.56. The lowest BCUT2D eigenvalue weighted by atomic mass is 10.0. The molecule has 2 heterocycles. The highest BCUT2D eigenvalue weighted by molar-refractivity contribution is 5.97. The van der Waals surface area contributed by atoms with Crippen molar-refractivity contribution in [1.82, 2.24) is 15.3 Å². The van der Waals surface area contributed by atoms with E-state index in [0.29, 0.717) is 11.5 Å². The molecule has 0 spiro atoms. The molecule has 3 rings (SSSR count). The average molecular weight is 259 g/mol. The summed E-state index contributed by atoms with van der Waals surface area (Å²) < 4.78 is 5.35. The first kappa shape index (κ1) is 12.2. The first-order chi connectivity index (χ1) is 9.24. The molecular formula is C14H17N3O2. The molecule has 19 heavy (non-hydrogen) atoms. The average Bonchev–Trinajstić information content (AvgIpc) is 3.09. The number of aromatic amines is 1. The van der Waals surface area contributed by atoms with Gasteiger partial charge in [-0.3, -0.25) is 4.79 Å². The molecular weight excluding hydrogens is 242 g/mol. The lowest BCUT2D eigenvalue weighted by Crippen LogP contribution is -2.38. The number of H-pyrrole nitrogens is 1. The Balaban J connectivity index is 1.71. The fourth-order valence-corrected chi connectivity index (χ4v) is 2.43. The predicted octanol–water partition coefficient (Wildman–Crippen LogP) is 1.72. The van der Waals surface area contributed by atoms with Crippen molar-refractivity contribution in [1.29, 1.82) is 0 Å². The summed E-state index contributed by atoms with van der Waals surface area (Å²) in [4.78, 5) is 19.3. The summed E-state index contributed by atoms with van der Waals surface area (Å²) in [6.45, 7) is 3.57. The second-order valence-corrected chi connectivity index (χ2v) is 5.02. The monoisotopic (exact) mass is 259 g/mol. The molecule has 1 aliphatic heterocycles. The number of rotatable bonds is 3. The van der Waals surface area contributed by atoms with Crippen LogP contribution in [0.4, 0.5) is 0 Å². The summed E-state index contributed by atoms with van der Waals surface area (Å²) in [7, 11) is 0. The molecule has 0 bridgehead atoms. The minimum absolute atomic E-state index is 0.0455. The molecule has 1 amide bonds. The van der Waals surface area contributed by atoms with Gasteiger partial charge in [-0.1, -0.05) is 0 Å². The van der Waals surface area contributed by atoms with E-state index in [9.17, 15) is 4.79 Å². The quantitative estimate of drug-likeness (QED) is 0.882. The van der Waals surface area contributed by atoms with Crippen LogP contribution in [0.5, 0.6) is 0 Å². The molecule has 1 aromatic heterocycles. The molecule has 2 N–H and O–H groups in total. The number of imidazole rings is 1. The van der Waals surface area contributed by atoms with Crippen LogP contribution in [0.15, 0.2) is 24.5 Å². The normalized spacial score (nSPS) is 20.6. The molecule has 1 saturated heterocycles. The van der Waals surface area contributed by atoms with Gasteiger partial charge in [0.1, 0.15) is 0 Å². The van der Waals surface area contributed by atoms with Crippen LogP contribution in [0, 0.1) is 5.92 Å². The molecule has 5 nitrogen and oxygen atoms in total. The number of hydrogen-bond acceptors (Lipinski definition) is 3. The molecule has 2 aromatic rings. The molecule has 1 aromatic carbocycles. The Morgan fingerprint density at radius 3 is 3.26 bits per heavy atom. The van der Waals surface area contributed by atoms with Crippen molar-refractivity contribution in [3.05, 3.63) is 30.1 Å². The van der Waals surface area contributed by atoms with Gasteiger partial charge < -0.3 is 15.0 Å². The zero-order valence-corrected chi connectivity index (χ0v) is 10.8. The summed E-state index contributed by atoms with van der Waals surface area (Å²) in [5, 5.41) is 3.04. The summed E-state index contributed by atoms with van der Waals surface area (Å²) in [5.41, 5.74) is 2.40. The molecule has 1 fully saturated rings. The van der Waals surface area contributed by atoms with Crippen LogP contribution in [0.25, 0.3) is 11.0 Å². The van der Waals surface area contributed by atoms with Crippen LogP contribution < -0.4 is 5.32 Å². The van der Waals surface area contributed by atoms with Gasteiger partial charge in [-0.25, -0.2) is 4.98 Å². The van der Waals surface area contributed by atoms with E-state index in [1.54, 1.807) is 12.4 Å². The second-order valence-electron chi connectivity index (χ2n) is 5.02. The van der Waals surface area contributed by atoms with Gasteiger partial charge in [0.15, 0.2) is 0 Å². The third kappa shape index (κ3) is 2.46. The maximum atomic E-state index is 12.2. The van der Waals surface area contributed by atoms with E-state index in [1.165, 1.54) is 0 Å². The van der Waals surface area contributed by atoms with Crippen LogP contribution in [0.3, 0.4) is 0 Å². The van der Waals surface area contributed by atoms with Crippen molar-refractivity contribution in [2.75, 3.05) is 13.2 Å². The molecule has 2 atom stereocenters. The largest absolute Gasteiger partial charge is 0.381 e. The van der Waals surface area contributed by atoms with Crippen molar-refractivity contribution >= 4 is 16.9 Å². The van der Waals surface area contributed by atoms with E-state index in [1.807, 2.05) is 19.1 Å². The lowest BCUT2D eigenvalue weighted by Gasteiger charge is -2.19. The van der Waals surface area contributed by atoms with Gasteiger partial charge in [0.25, 0.3) is 5.91 Å². The fourth-order valence-electron chi connectivity index (χ4n) is 2.43. The van der Waals surface area contributed by atoms with Gasteiger partial charge in [-0.05, 0) is 31.5 Å². The highest BCUT2D eigenvalue weighted by Gasteiger charge is 2.23. The number of amides is 1. The second kappa shape index (κ2) is 5.01. The smallest absolute Gasteiger partial charge is 0.251 e. The Kier molecular flexibility index (Phi) is 3.21. The standard InChI is InChI=1S/C14H17N3O2/c1-9(11-4-5-19-7-11)17-14(18)10-2-3-12-13(6-10)16-8-15-12/h2-3,6,8-9,11H,4-5,7H2,1H3,(H,15,16)(H,17,18). The zero-order chi connectivity index (χ0) is 13.2. The van der Waals surface area contributed by atoms with Gasteiger partial charge >= 0.3 is 0 Å².